The van der Waals surface area contributed by atoms with Gasteiger partial charge < -0.3 is 0 Å². The van der Waals surface area contributed by atoms with E-state index in [1.807, 2.05) is 6.92 Å². The van der Waals surface area contributed by atoms with Gasteiger partial charge in [-0.25, -0.2) is 4.98 Å². The van der Waals surface area contributed by atoms with Crippen LogP contribution in [0.4, 0.5) is 0 Å². The quantitative estimate of drug-likeness (QED) is 0.782. The Morgan fingerprint density at radius 1 is 1.69 bits per heavy atom. The molecule has 2 nitrogen and oxygen atoms in total. The maximum atomic E-state index is 9.45. The second kappa shape index (κ2) is 4.55. The Morgan fingerprint density at radius 2 is 2.50 bits per heavy atom. The van der Waals surface area contributed by atoms with Crippen LogP contribution >= 0.6 is 11.3 Å². The van der Waals surface area contributed by atoms with E-state index in [0.29, 0.717) is 5.92 Å². The van der Waals surface area contributed by atoms with Crippen LogP contribution < -0.4 is 0 Å². The average molecular weight is 234 g/mol. The molecule has 86 valence electrons. The molecule has 1 aromatic heterocycles. The molecule has 2 rings (SSSR count). The van der Waals surface area contributed by atoms with Crippen molar-refractivity contribution in [2.45, 2.75) is 46.0 Å². The van der Waals surface area contributed by atoms with Gasteiger partial charge in [0.25, 0.3) is 0 Å². The van der Waals surface area contributed by atoms with Crippen LogP contribution in [-0.4, -0.2) is 4.98 Å². The molecule has 1 heterocycles. The van der Waals surface area contributed by atoms with Crippen molar-refractivity contribution in [2.24, 2.45) is 11.3 Å². The first-order chi connectivity index (χ1) is 7.63. The van der Waals surface area contributed by atoms with E-state index in [1.54, 1.807) is 11.3 Å². The zero-order chi connectivity index (χ0) is 11.6. The molecule has 0 saturated heterocycles. The van der Waals surface area contributed by atoms with Gasteiger partial charge in [0.1, 0.15) is 0 Å². The maximum absolute atomic E-state index is 9.45. The van der Waals surface area contributed by atoms with E-state index in [9.17, 15) is 5.26 Å². The van der Waals surface area contributed by atoms with E-state index in [4.69, 9.17) is 0 Å². The monoisotopic (exact) mass is 234 g/mol. The molecule has 1 aromatic rings. The lowest BCUT2D eigenvalue weighted by molar-refractivity contribution is 0.208. The minimum atomic E-state index is -0.141. The largest absolute Gasteiger partial charge is 0.247 e. The van der Waals surface area contributed by atoms with Gasteiger partial charge in [-0.3, -0.25) is 0 Å². The number of thiazole rings is 1. The lowest BCUT2D eigenvalue weighted by Crippen LogP contribution is -2.28. The minimum absolute atomic E-state index is 0.141. The van der Waals surface area contributed by atoms with Crippen LogP contribution in [0.2, 0.25) is 0 Å². The van der Waals surface area contributed by atoms with Crippen LogP contribution in [0.15, 0.2) is 5.38 Å². The van der Waals surface area contributed by atoms with E-state index in [2.05, 4.69) is 23.4 Å². The van der Waals surface area contributed by atoms with Crippen molar-refractivity contribution in [2.75, 3.05) is 0 Å². The summed E-state index contributed by atoms with van der Waals surface area (Å²) in [5.41, 5.74) is 0.969. The number of hydrogen-bond donors (Lipinski definition) is 0. The first-order valence-electron chi connectivity index (χ1n) is 5.96. The first kappa shape index (κ1) is 11.6. The molecular weight excluding hydrogens is 216 g/mol. The van der Waals surface area contributed by atoms with Crippen molar-refractivity contribution in [1.29, 1.82) is 5.26 Å². The summed E-state index contributed by atoms with van der Waals surface area (Å²) in [6.45, 7) is 4.29. The summed E-state index contributed by atoms with van der Waals surface area (Å²) in [7, 11) is 0. The van der Waals surface area contributed by atoms with Crippen molar-refractivity contribution in [1.82, 2.24) is 4.98 Å². The summed E-state index contributed by atoms with van der Waals surface area (Å²) in [5.74, 6) is 0.688. The molecule has 0 N–H and O–H groups in total. The molecule has 1 fully saturated rings. The summed E-state index contributed by atoms with van der Waals surface area (Å²) < 4.78 is 0. The van der Waals surface area contributed by atoms with Gasteiger partial charge in [0, 0.05) is 11.8 Å². The van der Waals surface area contributed by atoms with E-state index in [-0.39, 0.29) is 5.41 Å². The molecule has 3 heteroatoms. The Labute approximate surface area is 101 Å². The number of aryl methyl sites for hydroxylation is 1. The van der Waals surface area contributed by atoms with Gasteiger partial charge in [0.2, 0.25) is 0 Å². The second-order valence-corrected chi connectivity index (χ2v) is 6.19. The predicted octanol–water partition coefficient (Wildman–Crippen LogP) is 3.71. The Bertz CT molecular complexity index is 404. The first-order valence-corrected chi connectivity index (χ1v) is 6.84. The highest BCUT2D eigenvalue weighted by atomic mass is 32.1. The van der Waals surface area contributed by atoms with Crippen LogP contribution in [-0.2, 0) is 6.42 Å². The fourth-order valence-electron chi connectivity index (χ4n) is 2.80. The molecule has 1 saturated carbocycles. The molecule has 2 unspecified atom stereocenters. The molecule has 0 spiro atoms. The van der Waals surface area contributed by atoms with Gasteiger partial charge in [0.15, 0.2) is 0 Å². The van der Waals surface area contributed by atoms with E-state index in [0.717, 1.165) is 30.0 Å². The SMILES string of the molecule is Cc1nc(CC2(C#N)CCCC(C)C2)cs1. The van der Waals surface area contributed by atoms with Crippen LogP contribution in [0.1, 0.15) is 43.3 Å². The molecule has 0 bridgehead atoms. The van der Waals surface area contributed by atoms with E-state index >= 15 is 0 Å². The Kier molecular flexibility index (Phi) is 3.30. The molecule has 1 aliphatic rings. The maximum Gasteiger partial charge on any atom is 0.0897 e. The van der Waals surface area contributed by atoms with E-state index in [1.165, 1.54) is 12.8 Å². The summed E-state index contributed by atoms with van der Waals surface area (Å²) in [6, 6.07) is 2.57. The molecule has 0 aromatic carbocycles. The second-order valence-electron chi connectivity index (χ2n) is 5.13. The smallest absolute Gasteiger partial charge is 0.0897 e. The van der Waals surface area contributed by atoms with Gasteiger partial charge in [-0.15, -0.1) is 11.3 Å². The lowest BCUT2D eigenvalue weighted by Gasteiger charge is -2.33. The van der Waals surface area contributed by atoms with Gasteiger partial charge in [-0.1, -0.05) is 19.8 Å². The molecule has 0 amide bonds. The summed E-state index contributed by atoms with van der Waals surface area (Å²) >= 11 is 1.68. The minimum Gasteiger partial charge on any atom is -0.247 e. The normalized spacial score (nSPS) is 29.9. The molecule has 2 atom stereocenters. The highest BCUT2D eigenvalue weighted by Crippen LogP contribution is 2.41. The summed E-state index contributed by atoms with van der Waals surface area (Å²) in [6.07, 6.45) is 5.40. The standard InChI is InChI=1S/C13H18N2S/c1-10-4-3-5-13(6-10,9-14)7-12-8-16-11(2)15-12/h8,10H,3-7H2,1-2H3. The van der Waals surface area contributed by atoms with E-state index < -0.39 is 0 Å². The van der Waals surface area contributed by atoms with Gasteiger partial charge in [-0.2, -0.15) is 5.26 Å². The van der Waals surface area contributed by atoms with Gasteiger partial charge in [-0.05, 0) is 25.7 Å². The van der Waals surface area contributed by atoms with Gasteiger partial charge >= 0.3 is 0 Å². The third-order valence-electron chi connectivity index (χ3n) is 3.51. The number of nitriles is 1. The van der Waals surface area contributed by atoms with Crippen molar-refractivity contribution in [3.63, 3.8) is 0 Å². The van der Waals surface area contributed by atoms with Crippen molar-refractivity contribution in [3.05, 3.63) is 16.1 Å². The third-order valence-corrected chi connectivity index (χ3v) is 4.34. The highest BCUT2D eigenvalue weighted by Gasteiger charge is 2.35. The van der Waals surface area contributed by atoms with Crippen molar-refractivity contribution >= 4 is 11.3 Å². The highest BCUT2D eigenvalue weighted by molar-refractivity contribution is 7.09. The zero-order valence-corrected chi connectivity index (χ0v) is 10.8. The fraction of sp³-hybridized carbons (Fsp3) is 0.692. The predicted molar refractivity (Wildman–Crippen MR) is 66.2 cm³/mol. The van der Waals surface area contributed by atoms with Crippen molar-refractivity contribution in [3.8, 4) is 6.07 Å². The number of hydrogen-bond acceptors (Lipinski definition) is 3. The number of aromatic nitrogens is 1. The fourth-order valence-corrected chi connectivity index (χ4v) is 3.41. The summed E-state index contributed by atoms with van der Waals surface area (Å²) in [5, 5.41) is 12.7. The Balaban J connectivity index is 2.13. The van der Waals surface area contributed by atoms with Crippen LogP contribution in [0.5, 0.6) is 0 Å². The van der Waals surface area contributed by atoms with Gasteiger partial charge in [0.05, 0.1) is 22.2 Å². The molecule has 16 heavy (non-hydrogen) atoms. The summed E-state index contributed by atoms with van der Waals surface area (Å²) in [4.78, 5) is 4.49. The molecule has 1 aliphatic carbocycles. The molecular formula is C13H18N2S. The van der Waals surface area contributed by atoms with Crippen molar-refractivity contribution < 1.29 is 0 Å². The van der Waals surface area contributed by atoms with Crippen LogP contribution in [0.25, 0.3) is 0 Å². The third kappa shape index (κ3) is 2.44. The van der Waals surface area contributed by atoms with Crippen LogP contribution in [0, 0.1) is 29.6 Å². The number of nitrogens with zero attached hydrogens (tertiary/aromatic N) is 2. The Hall–Kier alpha value is -0.880. The zero-order valence-electron chi connectivity index (χ0n) is 9.99. The average Bonchev–Trinajstić information content (AvgIpc) is 2.64. The molecule has 0 radical (unpaired) electrons. The number of rotatable bonds is 2. The lowest BCUT2D eigenvalue weighted by atomic mass is 9.69. The van der Waals surface area contributed by atoms with Crippen LogP contribution in [0.3, 0.4) is 0 Å². The topological polar surface area (TPSA) is 36.7 Å². The Morgan fingerprint density at radius 3 is 3.06 bits per heavy atom. The molecule has 0 aliphatic heterocycles.